The molecule has 104 valence electrons. The van der Waals surface area contributed by atoms with Gasteiger partial charge in [-0.05, 0) is 51.3 Å². The lowest BCUT2D eigenvalue weighted by Crippen LogP contribution is -2.41. The standard InChI is InChI=1S/C16H24N2O/c1-11-6-7-15(12(2)9-11)13(3)18-16(19)14-5-4-8-17-10-14/h6-7,9,13-14,17H,4-5,8,10H2,1-3H3,(H,18,19). The minimum absolute atomic E-state index is 0.0787. The fraction of sp³-hybridized carbons (Fsp3) is 0.562. The van der Waals surface area contributed by atoms with Crippen molar-refractivity contribution in [3.05, 3.63) is 34.9 Å². The summed E-state index contributed by atoms with van der Waals surface area (Å²) in [5, 5.41) is 6.43. The Morgan fingerprint density at radius 2 is 2.21 bits per heavy atom. The third-order valence-corrected chi connectivity index (χ3v) is 3.92. The first kappa shape index (κ1) is 14.1. The summed E-state index contributed by atoms with van der Waals surface area (Å²) in [7, 11) is 0. The van der Waals surface area contributed by atoms with Crippen LogP contribution in [0, 0.1) is 19.8 Å². The number of piperidine rings is 1. The zero-order valence-corrected chi connectivity index (χ0v) is 12.1. The van der Waals surface area contributed by atoms with Crippen LogP contribution in [0.4, 0.5) is 0 Å². The largest absolute Gasteiger partial charge is 0.349 e. The van der Waals surface area contributed by atoms with Crippen LogP contribution in [0.5, 0.6) is 0 Å². The molecule has 1 aliphatic heterocycles. The Kier molecular flexibility index (Phi) is 4.59. The molecule has 1 aromatic carbocycles. The molecule has 2 rings (SSSR count). The zero-order valence-electron chi connectivity index (χ0n) is 12.1. The average Bonchev–Trinajstić information content (AvgIpc) is 2.39. The van der Waals surface area contributed by atoms with Crippen LogP contribution in [0.25, 0.3) is 0 Å². The molecular weight excluding hydrogens is 236 g/mol. The van der Waals surface area contributed by atoms with Gasteiger partial charge in [0.2, 0.25) is 5.91 Å². The average molecular weight is 260 g/mol. The van der Waals surface area contributed by atoms with E-state index in [1.807, 2.05) is 0 Å². The lowest BCUT2D eigenvalue weighted by molar-refractivity contribution is -0.126. The number of amides is 1. The Bertz CT molecular complexity index is 450. The zero-order chi connectivity index (χ0) is 13.8. The van der Waals surface area contributed by atoms with E-state index >= 15 is 0 Å². The van der Waals surface area contributed by atoms with Gasteiger partial charge in [-0.2, -0.15) is 0 Å². The maximum atomic E-state index is 12.2. The molecule has 0 saturated carbocycles. The summed E-state index contributed by atoms with van der Waals surface area (Å²) in [6.45, 7) is 8.11. The highest BCUT2D eigenvalue weighted by Gasteiger charge is 2.22. The normalized spacial score (nSPS) is 20.9. The summed E-state index contributed by atoms with van der Waals surface area (Å²) in [6, 6.07) is 6.47. The Hall–Kier alpha value is -1.35. The van der Waals surface area contributed by atoms with E-state index in [1.165, 1.54) is 16.7 Å². The number of benzene rings is 1. The molecule has 0 aromatic heterocycles. The monoisotopic (exact) mass is 260 g/mol. The van der Waals surface area contributed by atoms with E-state index in [2.05, 4.69) is 49.6 Å². The first-order valence-electron chi connectivity index (χ1n) is 7.16. The van der Waals surface area contributed by atoms with Crippen molar-refractivity contribution >= 4 is 5.91 Å². The number of hydrogen-bond acceptors (Lipinski definition) is 2. The summed E-state index contributed by atoms with van der Waals surface area (Å²) < 4.78 is 0. The molecule has 1 heterocycles. The Morgan fingerprint density at radius 3 is 2.84 bits per heavy atom. The van der Waals surface area contributed by atoms with E-state index in [1.54, 1.807) is 0 Å². The molecule has 1 aromatic rings. The summed E-state index contributed by atoms with van der Waals surface area (Å²) in [5.41, 5.74) is 3.72. The highest BCUT2D eigenvalue weighted by Crippen LogP contribution is 2.20. The van der Waals surface area contributed by atoms with Gasteiger partial charge in [-0.25, -0.2) is 0 Å². The van der Waals surface area contributed by atoms with Gasteiger partial charge in [0.25, 0.3) is 0 Å². The molecule has 2 atom stereocenters. The van der Waals surface area contributed by atoms with E-state index in [0.29, 0.717) is 0 Å². The quantitative estimate of drug-likeness (QED) is 0.876. The van der Waals surface area contributed by atoms with Gasteiger partial charge in [-0.15, -0.1) is 0 Å². The molecule has 0 radical (unpaired) electrons. The Labute approximate surface area is 115 Å². The van der Waals surface area contributed by atoms with Gasteiger partial charge in [-0.1, -0.05) is 23.8 Å². The Morgan fingerprint density at radius 1 is 1.42 bits per heavy atom. The Balaban J connectivity index is 1.99. The number of carbonyl (C=O) groups is 1. The van der Waals surface area contributed by atoms with Gasteiger partial charge in [0.1, 0.15) is 0 Å². The number of rotatable bonds is 3. The maximum Gasteiger partial charge on any atom is 0.224 e. The highest BCUT2D eigenvalue weighted by atomic mass is 16.1. The van der Waals surface area contributed by atoms with Crippen molar-refractivity contribution < 1.29 is 4.79 Å². The van der Waals surface area contributed by atoms with E-state index < -0.39 is 0 Å². The van der Waals surface area contributed by atoms with Gasteiger partial charge >= 0.3 is 0 Å². The molecule has 0 aliphatic carbocycles. The lowest BCUT2D eigenvalue weighted by atomic mass is 9.96. The molecule has 3 heteroatoms. The minimum atomic E-state index is 0.0787. The van der Waals surface area contributed by atoms with Crippen LogP contribution in [0.3, 0.4) is 0 Å². The number of carbonyl (C=O) groups excluding carboxylic acids is 1. The molecule has 1 amide bonds. The van der Waals surface area contributed by atoms with Crippen molar-refractivity contribution in [2.75, 3.05) is 13.1 Å². The van der Waals surface area contributed by atoms with E-state index in [-0.39, 0.29) is 17.9 Å². The van der Waals surface area contributed by atoms with Crippen LogP contribution in [0.2, 0.25) is 0 Å². The van der Waals surface area contributed by atoms with Gasteiger partial charge < -0.3 is 10.6 Å². The van der Waals surface area contributed by atoms with Gasteiger partial charge in [-0.3, -0.25) is 4.79 Å². The summed E-state index contributed by atoms with van der Waals surface area (Å²) in [6.07, 6.45) is 2.09. The lowest BCUT2D eigenvalue weighted by Gasteiger charge is -2.24. The fourth-order valence-electron chi connectivity index (χ4n) is 2.80. The summed E-state index contributed by atoms with van der Waals surface area (Å²) in [4.78, 5) is 12.2. The van der Waals surface area contributed by atoms with Crippen LogP contribution >= 0.6 is 0 Å². The second-order valence-corrected chi connectivity index (χ2v) is 5.63. The predicted molar refractivity (Wildman–Crippen MR) is 78.1 cm³/mol. The van der Waals surface area contributed by atoms with Gasteiger partial charge in [0.15, 0.2) is 0 Å². The summed E-state index contributed by atoms with van der Waals surface area (Å²) in [5.74, 6) is 0.307. The smallest absolute Gasteiger partial charge is 0.224 e. The number of nitrogens with one attached hydrogen (secondary N) is 2. The van der Waals surface area contributed by atoms with Crippen LogP contribution in [-0.4, -0.2) is 19.0 Å². The fourth-order valence-corrected chi connectivity index (χ4v) is 2.80. The molecule has 2 unspecified atom stereocenters. The van der Waals surface area contributed by atoms with Gasteiger partial charge in [0.05, 0.1) is 12.0 Å². The number of aryl methyl sites for hydroxylation is 2. The van der Waals surface area contributed by atoms with Crippen LogP contribution in [-0.2, 0) is 4.79 Å². The maximum absolute atomic E-state index is 12.2. The van der Waals surface area contributed by atoms with Crippen LogP contribution in [0.15, 0.2) is 18.2 Å². The van der Waals surface area contributed by atoms with Crippen molar-refractivity contribution in [2.24, 2.45) is 5.92 Å². The molecule has 1 saturated heterocycles. The predicted octanol–water partition coefficient (Wildman–Crippen LogP) is 2.48. The SMILES string of the molecule is Cc1ccc(C(C)NC(=O)C2CCCNC2)c(C)c1. The molecular formula is C16H24N2O. The topological polar surface area (TPSA) is 41.1 Å². The first-order chi connectivity index (χ1) is 9.08. The first-order valence-corrected chi connectivity index (χ1v) is 7.16. The van der Waals surface area contributed by atoms with Crippen molar-refractivity contribution in [3.63, 3.8) is 0 Å². The van der Waals surface area contributed by atoms with Crippen LogP contribution in [0.1, 0.15) is 42.5 Å². The van der Waals surface area contributed by atoms with E-state index in [9.17, 15) is 4.79 Å². The van der Waals surface area contributed by atoms with Crippen molar-refractivity contribution in [1.82, 2.24) is 10.6 Å². The van der Waals surface area contributed by atoms with E-state index in [0.717, 1.165) is 25.9 Å². The minimum Gasteiger partial charge on any atom is -0.349 e. The van der Waals surface area contributed by atoms with Crippen molar-refractivity contribution in [1.29, 1.82) is 0 Å². The van der Waals surface area contributed by atoms with E-state index in [4.69, 9.17) is 0 Å². The van der Waals surface area contributed by atoms with Crippen LogP contribution < -0.4 is 10.6 Å². The molecule has 0 spiro atoms. The van der Waals surface area contributed by atoms with Crippen molar-refractivity contribution in [3.8, 4) is 0 Å². The highest BCUT2D eigenvalue weighted by molar-refractivity contribution is 5.79. The molecule has 1 fully saturated rings. The second kappa shape index (κ2) is 6.20. The second-order valence-electron chi connectivity index (χ2n) is 5.63. The van der Waals surface area contributed by atoms with Crippen molar-refractivity contribution in [2.45, 2.75) is 39.7 Å². The molecule has 19 heavy (non-hydrogen) atoms. The van der Waals surface area contributed by atoms with Gasteiger partial charge in [0, 0.05) is 6.54 Å². The molecule has 2 N–H and O–H groups in total. The third-order valence-electron chi connectivity index (χ3n) is 3.92. The molecule has 0 bridgehead atoms. The number of hydrogen-bond donors (Lipinski definition) is 2. The third kappa shape index (κ3) is 3.57. The summed E-state index contributed by atoms with van der Waals surface area (Å²) >= 11 is 0. The molecule has 1 aliphatic rings. The molecule has 3 nitrogen and oxygen atoms in total.